The van der Waals surface area contributed by atoms with Gasteiger partial charge in [-0.2, -0.15) is 0 Å². The van der Waals surface area contributed by atoms with Crippen LogP contribution in [-0.2, 0) is 4.79 Å². The molecular formula is C11H12BrClN2O. The predicted octanol–water partition coefficient (Wildman–Crippen LogP) is 2.56. The van der Waals surface area contributed by atoms with Crippen molar-refractivity contribution in [3.8, 4) is 0 Å². The van der Waals surface area contributed by atoms with Gasteiger partial charge in [0, 0.05) is 16.7 Å². The SMILES string of the molecule is NC1CCCN(c2ccc(Cl)c(Br)c2)C1=O. The Labute approximate surface area is 108 Å². The van der Waals surface area contributed by atoms with Gasteiger partial charge in [0.25, 0.3) is 0 Å². The molecule has 1 fully saturated rings. The lowest BCUT2D eigenvalue weighted by atomic mass is 10.1. The highest BCUT2D eigenvalue weighted by atomic mass is 79.9. The molecule has 0 aliphatic carbocycles. The molecule has 1 heterocycles. The molecule has 1 saturated heterocycles. The lowest BCUT2D eigenvalue weighted by Crippen LogP contribution is -2.48. The summed E-state index contributed by atoms with van der Waals surface area (Å²) in [5.41, 5.74) is 6.59. The van der Waals surface area contributed by atoms with E-state index in [1.165, 1.54) is 0 Å². The molecule has 1 aliphatic heterocycles. The Bertz CT molecular complexity index is 424. The fraction of sp³-hybridized carbons (Fsp3) is 0.364. The van der Waals surface area contributed by atoms with E-state index < -0.39 is 0 Å². The minimum absolute atomic E-state index is 0.0135. The molecule has 0 aromatic heterocycles. The second-order valence-electron chi connectivity index (χ2n) is 3.84. The number of nitrogens with two attached hydrogens (primary N) is 1. The summed E-state index contributed by atoms with van der Waals surface area (Å²) >= 11 is 9.26. The maximum Gasteiger partial charge on any atom is 0.243 e. The van der Waals surface area contributed by atoms with E-state index in [1.807, 2.05) is 12.1 Å². The van der Waals surface area contributed by atoms with Gasteiger partial charge >= 0.3 is 0 Å². The van der Waals surface area contributed by atoms with Crippen LogP contribution in [0, 0.1) is 0 Å². The first-order valence-corrected chi connectivity index (χ1v) is 6.28. The van der Waals surface area contributed by atoms with Crippen molar-refractivity contribution in [1.82, 2.24) is 0 Å². The Hall–Kier alpha value is -0.580. The molecule has 2 rings (SSSR count). The van der Waals surface area contributed by atoms with Crippen LogP contribution in [0.1, 0.15) is 12.8 Å². The maximum absolute atomic E-state index is 11.9. The molecule has 1 amide bonds. The first-order chi connectivity index (χ1) is 7.59. The molecule has 1 aliphatic rings. The van der Waals surface area contributed by atoms with Gasteiger partial charge in [-0.1, -0.05) is 11.6 Å². The topological polar surface area (TPSA) is 46.3 Å². The van der Waals surface area contributed by atoms with E-state index in [4.69, 9.17) is 17.3 Å². The van der Waals surface area contributed by atoms with Crippen LogP contribution in [0.5, 0.6) is 0 Å². The third kappa shape index (κ3) is 2.24. The van der Waals surface area contributed by atoms with Crippen molar-refractivity contribution < 1.29 is 4.79 Å². The Morgan fingerprint density at radius 3 is 2.94 bits per heavy atom. The number of anilines is 1. The monoisotopic (exact) mass is 302 g/mol. The molecule has 5 heteroatoms. The average Bonchev–Trinajstić information content (AvgIpc) is 2.26. The molecule has 2 N–H and O–H groups in total. The second-order valence-corrected chi connectivity index (χ2v) is 5.10. The molecule has 1 aromatic carbocycles. The van der Waals surface area contributed by atoms with Crippen LogP contribution in [0.25, 0.3) is 0 Å². The summed E-state index contributed by atoms with van der Waals surface area (Å²) in [5, 5.41) is 0.637. The van der Waals surface area contributed by atoms with Gasteiger partial charge in [0.1, 0.15) is 0 Å². The Morgan fingerprint density at radius 2 is 2.25 bits per heavy atom. The van der Waals surface area contributed by atoms with Crippen molar-refractivity contribution in [3.05, 3.63) is 27.7 Å². The molecule has 1 aromatic rings. The van der Waals surface area contributed by atoms with E-state index in [-0.39, 0.29) is 11.9 Å². The predicted molar refractivity (Wildman–Crippen MR) is 68.7 cm³/mol. The largest absolute Gasteiger partial charge is 0.320 e. The third-order valence-corrected chi connectivity index (χ3v) is 3.91. The van der Waals surface area contributed by atoms with E-state index in [0.717, 1.165) is 29.5 Å². The van der Waals surface area contributed by atoms with Crippen LogP contribution >= 0.6 is 27.5 Å². The minimum atomic E-state index is -0.372. The van der Waals surface area contributed by atoms with Crippen molar-refractivity contribution >= 4 is 39.1 Å². The lowest BCUT2D eigenvalue weighted by molar-refractivity contribution is -0.120. The lowest BCUT2D eigenvalue weighted by Gasteiger charge is -2.30. The van der Waals surface area contributed by atoms with Crippen LogP contribution in [0.2, 0.25) is 5.02 Å². The number of carbonyl (C=O) groups is 1. The van der Waals surface area contributed by atoms with Crippen molar-refractivity contribution in [2.75, 3.05) is 11.4 Å². The van der Waals surface area contributed by atoms with Crippen LogP contribution in [0.15, 0.2) is 22.7 Å². The summed E-state index contributed by atoms with van der Waals surface area (Å²) in [5.74, 6) is -0.0135. The zero-order valence-corrected chi connectivity index (χ0v) is 11.0. The Kier molecular flexibility index (Phi) is 3.52. The summed E-state index contributed by atoms with van der Waals surface area (Å²) in [4.78, 5) is 13.6. The second kappa shape index (κ2) is 4.73. The third-order valence-electron chi connectivity index (χ3n) is 2.69. The molecule has 0 spiro atoms. The van der Waals surface area contributed by atoms with Crippen molar-refractivity contribution in [1.29, 1.82) is 0 Å². The zero-order chi connectivity index (χ0) is 11.7. The number of hydrogen-bond acceptors (Lipinski definition) is 2. The van der Waals surface area contributed by atoms with Crippen LogP contribution in [0.3, 0.4) is 0 Å². The van der Waals surface area contributed by atoms with E-state index in [1.54, 1.807) is 11.0 Å². The smallest absolute Gasteiger partial charge is 0.243 e. The van der Waals surface area contributed by atoms with Gasteiger partial charge in [-0.25, -0.2) is 0 Å². The van der Waals surface area contributed by atoms with Crippen molar-refractivity contribution in [3.63, 3.8) is 0 Å². The molecular weight excluding hydrogens is 291 g/mol. The minimum Gasteiger partial charge on any atom is -0.320 e. The van der Waals surface area contributed by atoms with Crippen LogP contribution in [-0.4, -0.2) is 18.5 Å². The van der Waals surface area contributed by atoms with E-state index >= 15 is 0 Å². The van der Waals surface area contributed by atoms with Crippen LogP contribution < -0.4 is 10.6 Å². The fourth-order valence-corrected chi connectivity index (χ4v) is 2.30. The van der Waals surface area contributed by atoms with Crippen molar-refractivity contribution in [2.45, 2.75) is 18.9 Å². The van der Waals surface area contributed by atoms with Gasteiger partial charge in [-0.15, -0.1) is 0 Å². The molecule has 1 unspecified atom stereocenters. The van der Waals surface area contributed by atoms with E-state index in [9.17, 15) is 4.79 Å². The van der Waals surface area contributed by atoms with Crippen LogP contribution in [0.4, 0.5) is 5.69 Å². The Balaban J connectivity index is 2.29. The number of rotatable bonds is 1. The number of benzene rings is 1. The fourth-order valence-electron chi connectivity index (χ4n) is 1.81. The summed E-state index contributed by atoms with van der Waals surface area (Å²) in [6, 6.07) is 5.08. The molecule has 3 nitrogen and oxygen atoms in total. The summed E-state index contributed by atoms with van der Waals surface area (Å²) in [6.07, 6.45) is 1.71. The van der Waals surface area contributed by atoms with Gasteiger partial charge in [0.05, 0.1) is 11.1 Å². The molecule has 1 atom stereocenters. The highest BCUT2D eigenvalue weighted by molar-refractivity contribution is 9.10. The quantitative estimate of drug-likeness (QED) is 0.866. The number of nitrogens with zero attached hydrogens (tertiary/aromatic N) is 1. The standard InChI is InChI=1S/C11H12BrClN2O/c12-8-6-7(3-4-9(8)13)15-5-1-2-10(14)11(15)16/h3-4,6,10H,1-2,5,14H2. The molecule has 0 saturated carbocycles. The molecule has 0 bridgehead atoms. The van der Waals surface area contributed by atoms with Gasteiger partial charge in [0.2, 0.25) is 5.91 Å². The van der Waals surface area contributed by atoms with Gasteiger partial charge in [-0.3, -0.25) is 4.79 Å². The van der Waals surface area contributed by atoms with Gasteiger partial charge in [-0.05, 0) is 47.0 Å². The van der Waals surface area contributed by atoms with E-state index in [0.29, 0.717) is 5.02 Å². The van der Waals surface area contributed by atoms with Gasteiger partial charge < -0.3 is 10.6 Å². The zero-order valence-electron chi connectivity index (χ0n) is 8.62. The molecule has 86 valence electrons. The Morgan fingerprint density at radius 1 is 1.50 bits per heavy atom. The number of hydrogen-bond donors (Lipinski definition) is 1. The maximum atomic E-state index is 11.9. The normalized spacial score (nSPS) is 21.3. The number of halogens is 2. The highest BCUT2D eigenvalue weighted by Gasteiger charge is 2.26. The van der Waals surface area contributed by atoms with E-state index in [2.05, 4.69) is 15.9 Å². The summed E-state index contributed by atoms with van der Waals surface area (Å²) in [7, 11) is 0. The first kappa shape index (κ1) is 11.9. The van der Waals surface area contributed by atoms with Gasteiger partial charge in [0.15, 0.2) is 0 Å². The summed E-state index contributed by atoms with van der Waals surface area (Å²) in [6.45, 7) is 0.723. The average molecular weight is 304 g/mol. The highest BCUT2D eigenvalue weighted by Crippen LogP contribution is 2.29. The molecule has 16 heavy (non-hydrogen) atoms. The van der Waals surface area contributed by atoms with Crippen molar-refractivity contribution in [2.24, 2.45) is 5.73 Å². The number of carbonyl (C=O) groups excluding carboxylic acids is 1. The molecule has 0 radical (unpaired) electrons. The summed E-state index contributed by atoms with van der Waals surface area (Å²) < 4.78 is 0.790. The first-order valence-electron chi connectivity index (χ1n) is 5.11. The number of piperidine rings is 1. The number of amides is 1.